The summed E-state index contributed by atoms with van der Waals surface area (Å²) in [7, 11) is 3.14. The lowest BCUT2D eigenvalue weighted by Gasteiger charge is -2.27. The standard InChI is InChI=1S/C29H29NO6/c1-34-22-12-14-23(15-13-22)36-18-17-30-27(21-9-6-10-24(19-21)35-2)26(28(32)29(30)33)25(31)16-11-20-7-4-3-5-8-20/h3-10,12-15,19,27,32H,11,16-18H2,1-2H3. The number of aliphatic hydroxyl groups excluding tert-OH is 1. The number of aliphatic hydroxyl groups is 1. The summed E-state index contributed by atoms with van der Waals surface area (Å²) >= 11 is 0. The second-order valence-electron chi connectivity index (χ2n) is 8.37. The second-order valence-corrected chi connectivity index (χ2v) is 8.37. The van der Waals surface area contributed by atoms with E-state index >= 15 is 0 Å². The number of Topliss-reactive ketones (excluding diaryl/α,β-unsaturated/α-hetero) is 1. The fourth-order valence-corrected chi connectivity index (χ4v) is 4.30. The maximum atomic E-state index is 13.3. The van der Waals surface area contributed by atoms with E-state index in [1.54, 1.807) is 56.7 Å². The zero-order valence-corrected chi connectivity index (χ0v) is 20.3. The third kappa shape index (κ3) is 5.51. The normalized spacial score (nSPS) is 15.2. The van der Waals surface area contributed by atoms with Gasteiger partial charge in [-0.25, -0.2) is 0 Å². The molecule has 186 valence electrons. The van der Waals surface area contributed by atoms with Crippen LogP contribution in [-0.2, 0) is 16.0 Å². The van der Waals surface area contributed by atoms with Gasteiger partial charge in [0.1, 0.15) is 23.9 Å². The van der Waals surface area contributed by atoms with E-state index in [1.165, 1.54) is 4.90 Å². The molecule has 4 rings (SSSR count). The summed E-state index contributed by atoms with van der Waals surface area (Å²) < 4.78 is 16.3. The Labute approximate surface area is 210 Å². The lowest BCUT2D eigenvalue weighted by atomic mass is 9.93. The van der Waals surface area contributed by atoms with Gasteiger partial charge in [-0.1, -0.05) is 42.5 Å². The van der Waals surface area contributed by atoms with E-state index in [0.29, 0.717) is 29.2 Å². The van der Waals surface area contributed by atoms with Gasteiger partial charge < -0.3 is 24.2 Å². The van der Waals surface area contributed by atoms with Crippen molar-refractivity contribution in [1.29, 1.82) is 0 Å². The molecule has 0 spiro atoms. The van der Waals surface area contributed by atoms with Gasteiger partial charge in [0.15, 0.2) is 11.5 Å². The van der Waals surface area contributed by atoms with Crippen molar-refractivity contribution in [3.63, 3.8) is 0 Å². The van der Waals surface area contributed by atoms with Crippen molar-refractivity contribution in [3.8, 4) is 17.2 Å². The molecule has 1 amide bonds. The Morgan fingerprint density at radius 3 is 2.28 bits per heavy atom. The molecular formula is C29H29NO6. The molecule has 0 saturated carbocycles. The number of methoxy groups -OCH3 is 2. The lowest BCUT2D eigenvalue weighted by molar-refractivity contribution is -0.129. The highest BCUT2D eigenvalue weighted by Gasteiger charge is 2.43. The SMILES string of the molecule is COc1ccc(OCCN2C(=O)C(O)=C(C(=O)CCc3ccccc3)C2c2cccc(OC)c2)cc1. The van der Waals surface area contributed by atoms with Crippen LogP contribution in [0.4, 0.5) is 0 Å². The van der Waals surface area contributed by atoms with Crippen LogP contribution >= 0.6 is 0 Å². The number of benzene rings is 3. The molecule has 1 heterocycles. The fraction of sp³-hybridized carbons (Fsp3) is 0.241. The summed E-state index contributed by atoms with van der Waals surface area (Å²) in [6, 6.07) is 23.2. The summed E-state index contributed by atoms with van der Waals surface area (Å²) in [5.41, 5.74) is 1.80. The van der Waals surface area contributed by atoms with Gasteiger partial charge in [-0.2, -0.15) is 0 Å². The van der Waals surface area contributed by atoms with Crippen LogP contribution in [0.25, 0.3) is 0 Å². The van der Waals surface area contributed by atoms with Crippen LogP contribution in [0.15, 0.2) is 90.2 Å². The molecule has 3 aromatic rings. The third-order valence-electron chi connectivity index (χ3n) is 6.16. The van der Waals surface area contributed by atoms with Crippen molar-refractivity contribution < 1.29 is 28.9 Å². The summed E-state index contributed by atoms with van der Waals surface area (Å²) in [6.45, 7) is 0.351. The molecule has 1 unspecified atom stereocenters. The van der Waals surface area contributed by atoms with Crippen molar-refractivity contribution in [2.45, 2.75) is 18.9 Å². The topological polar surface area (TPSA) is 85.3 Å². The molecule has 36 heavy (non-hydrogen) atoms. The highest BCUT2D eigenvalue weighted by Crippen LogP contribution is 2.39. The van der Waals surface area contributed by atoms with E-state index < -0.39 is 17.7 Å². The monoisotopic (exact) mass is 487 g/mol. The van der Waals surface area contributed by atoms with E-state index in [9.17, 15) is 14.7 Å². The van der Waals surface area contributed by atoms with Gasteiger partial charge in [0, 0.05) is 6.42 Å². The number of amides is 1. The molecule has 1 N–H and O–H groups in total. The molecule has 0 saturated heterocycles. The van der Waals surface area contributed by atoms with Gasteiger partial charge in [0.2, 0.25) is 0 Å². The fourth-order valence-electron chi connectivity index (χ4n) is 4.30. The highest BCUT2D eigenvalue weighted by atomic mass is 16.5. The molecule has 1 aliphatic rings. The minimum absolute atomic E-state index is 0.105. The van der Waals surface area contributed by atoms with E-state index in [-0.39, 0.29) is 30.9 Å². The van der Waals surface area contributed by atoms with Crippen LogP contribution in [0, 0.1) is 0 Å². The first-order valence-corrected chi connectivity index (χ1v) is 11.7. The third-order valence-corrected chi connectivity index (χ3v) is 6.16. The van der Waals surface area contributed by atoms with Crippen molar-refractivity contribution in [2.75, 3.05) is 27.4 Å². The molecule has 0 aromatic heterocycles. The van der Waals surface area contributed by atoms with Crippen LogP contribution < -0.4 is 14.2 Å². The van der Waals surface area contributed by atoms with Crippen LogP contribution in [0.3, 0.4) is 0 Å². The van der Waals surface area contributed by atoms with Gasteiger partial charge in [-0.15, -0.1) is 0 Å². The van der Waals surface area contributed by atoms with Gasteiger partial charge in [-0.3, -0.25) is 9.59 Å². The van der Waals surface area contributed by atoms with Crippen LogP contribution in [-0.4, -0.2) is 49.1 Å². The molecule has 0 radical (unpaired) electrons. The maximum Gasteiger partial charge on any atom is 0.290 e. The molecule has 1 aliphatic heterocycles. The molecule has 7 nitrogen and oxygen atoms in total. The number of hydrogen-bond acceptors (Lipinski definition) is 6. The average Bonchev–Trinajstić information content (AvgIpc) is 3.18. The number of carbonyl (C=O) groups is 2. The Morgan fingerprint density at radius 2 is 1.58 bits per heavy atom. The van der Waals surface area contributed by atoms with Crippen molar-refractivity contribution in [1.82, 2.24) is 4.90 Å². The van der Waals surface area contributed by atoms with Crippen LogP contribution in [0.1, 0.15) is 23.6 Å². The average molecular weight is 488 g/mol. The molecule has 1 atom stereocenters. The zero-order chi connectivity index (χ0) is 25.5. The van der Waals surface area contributed by atoms with E-state index in [0.717, 1.165) is 5.56 Å². The number of carbonyl (C=O) groups excluding carboxylic acids is 2. The molecule has 0 aliphatic carbocycles. The molecule has 7 heteroatoms. The van der Waals surface area contributed by atoms with Crippen molar-refractivity contribution in [2.24, 2.45) is 0 Å². The van der Waals surface area contributed by atoms with E-state index in [4.69, 9.17) is 14.2 Å². The number of rotatable bonds is 11. The summed E-state index contributed by atoms with van der Waals surface area (Å²) in [5.74, 6) is 0.558. The Hall–Kier alpha value is -4.26. The van der Waals surface area contributed by atoms with E-state index in [2.05, 4.69) is 0 Å². The van der Waals surface area contributed by atoms with Gasteiger partial charge in [0.25, 0.3) is 5.91 Å². The van der Waals surface area contributed by atoms with Gasteiger partial charge in [-0.05, 0) is 53.9 Å². The second kappa shape index (κ2) is 11.4. The minimum atomic E-state index is -0.740. The predicted molar refractivity (Wildman–Crippen MR) is 135 cm³/mol. The highest BCUT2D eigenvalue weighted by molar-refractivity contribution is 6.09. The summed E-state index contributed by atoms with van der Waals surface area (Å²) in [5, 5.41) is 10.8. The molecule has 0 bridgehead atoms. The van der Waals surface area contributed by atoms with E-state index in [1.807, 2.05) is 36.4 Å². The maximum absolute atomic E-state index is 13.3. The molecular weight excluding hydrogens is 458 g/mol. The first-order chi connectivity index (χ1) is 17.5. The Kier molecular flexibility index (Phi) is 7.90. The zero-order valence-electron chi connectivity index (χ0n) is 20.3. The molecule has 3 aromatic carbocycles. The number of hydrogen-bond donors (Lipinski definition) is 1. The van der Waals surface area contributed by atoms with Gasteiger partial charge in [0.05, 0.1) is 32.4 Å². The first kappa shape index (κ1) is 24.9. The molecule has 0 fully saturated rings. The number of nitrogens with zero attached hydrogens (tertiary/aromatic N) is 1. The minimum Gasteiger partial charge on any atom is -0.503 e. The number of aryl methyl sites for hydroxylation is 1. The lowest BCUT2D eigenvalue weighted by Crippen LogP contribution is -2.34. The Balaban J connectivity index is 1.55. The summed E-state index contributed by atoms with van der Waals surface area (Å²) in [6.07, 6.45) is 0.684. The smallest absolute Gasteiger partial charge is 0.290 e. The number of ether oxygens (including phenoxy) is 3. The Bertz CT molecular complexity index is 1240. The largest absolute Gasteiger partial charge is 0.503 e. The first-order valence-electron chi connectivity index (χ1n) is 11.7. The Morgan fingerprint density at radius 1 is 0.889 bits per heavy atom. The van der Waals surface area contributed by atoms with Crippen LogP contribution in [0.2, 0.25) is 0 Å². The quantitative estimate of drug-likeness (QED) is 0.423. The predicted octanol–water partition coefficient (Wildman–Crippen LogP) is 4.68. The van der Waals surface area contributed by atoms with Crippen LogP contribution in [0.5, 0.6) is 17.2 Å². The van der Waals surface area contributed by atoms with Gasteiger partial charge >= 0.3 is 0 Å². The number of ketones is 1. The van der Waals surface area contributed by atoms with Crippen molar-refractivity contribution in [3.05, 3.63) is 101 Å². The van der Waals surface area contributed by atoms with Crippen molar-refractivity contribution >= 4 is 11.7 Å². The summed E-state index contributed by atoms with van der Waals surface area (Å²) in [4.78, 5) is 27.9.